The van der Waals surface area contributed by atoms with Gasteiger partial charge in [-0.3, -0.25) is 4.79 Å². The molecule has 0 aliphatic rings. The minimum absolute atomic E-state index is 0.00252. The number of fused-ring (bicyclic) bond motifs is 2. The maximum atomic E-state index is 13.6. The third-order valence-electron chi connectivity index (χ3n) is 5.39. The molecule has 0 aliphatic carbocycles. The van der Waals surface area contributed by atoms with Gasteiger partial charge in [-0.25, -0.2) is 0 Å². The van der Waals surface area contributed by atoms with Crippen LogP contribution in [0.15, 0.2) is 66.9 Å². The Labute approximate surface area is 164 Å². The number of carbonyl (C=O) groups excluding carboxylic acids is 1. The summed E-state index contributed by atoms with van der Waals surface area (Å²) in [6, 6.07) is 18.9. The molecule has 28 heavy (non-hydrogen) atoms. The van der Waals surface area contributed by atoms with Gasteiger partial charge in [0, 0.05) is 28.5 Å². The molecule has 1 amide bonds. The lowest BCUT2D eigenvalue weighted by molar-refractivity contribution is 0.0628. The van der Waals surface area contributed by atoms with Crippen molar-refractivity contribution in [3.05, 3.63) is 78.0 Å². The zero-order valence-electron chi connectivity index (χ0n) is 16.3. The van der Waals surface area contributed by atoms with E-state index in [9.17, 15) is 9.90 Å². The lowest BCUT2D eigenvalue weighted by Crippen LogP contribution is -2.39. The zero-order chi connectivity index (χ0) is 19.8. The van der Waals surface area contributed by atoms with Gasteiger partial charge in [0.2, 0.25) is 0 Å². The van der Waals surface area contributed by atoms with Crippen LogP contribution < -0.4 is 0 Å². The molecule has 0 spiro atoms. The Morgan fingerprint density at radius 1 is 0.964 bits per heavy atom. The summed E-state index contributed by atoms with van der Waals surface area (Å²) in [6.07, 6.45) is 1.98. The zero-order valence-corrected chi connectivity index (χ0v) is 16.3. The first-order valence-corrected chi connectivity index (χ1v) is 9.58. The number of amides is 1. The molecule has 0 bridgehead atoms. The van der Waals surface area contributed by atoms with Crippen LogP contribution in [0.4, 0.5) is 0 Å². The minimum atomic E-state index is -0.121. The second-order valence-electron chi connectivity index (χ2n) is 7.45. The number of hydrogen-bond acceptors (Lipinski definition) is 2. The summed E-state index contributed by atoms with van der Waals surface area (Å²) in [6.45, 7) is 6.10. The van der Waals surface area contributed by atoms with Gasteiger partial charge in [0.15, 0.2) is 0 Å². The van der Waals surface area contributed by atoms with E-state index in [0.717, 1.165) is 21.9 Å². The molecule has 0 radical (unpaired) electrons. The van der Waals surface area contributed by atoms with Gasteiger partial charge in [0.05, 0.1) is 11.6 Å². The summed E-state index contributed by atoms with van der Waals surface area (Å²) in [5.74, 6) is 0.0461. The van der Waals surface area contributed by atoms with E-state index < -0.39 is 0 Å². The average molecular weight is 372 g/mol. The fraction of sp³-hybridized carbons (Fsp3) is 0.208. The van der Waals surface area contributed by atoms with E-state index in [-0.39, 0.29) is 23.7 Å². The maximum absolute atomic E-state index is 13.6. The number of H-pyrrole nitrogens is 1. The lowest BCUT2D eigenvalue weighted by atomic mass is 9.99. The van der Waals surface area contributed by atoms with Crippen molar-refractivity contribution in [2.24, 2.45) is 0 Å². The second kappa shape index (κ2) is 7.04. The number of nitrogens with one attached hydrogen (secondary N) is 1. The topological polar surface area (TPSA) is 56.3 Å². The maximum Gasteiger partial charge on any atom is 0.255 e. The summed E-state index contributed by atoms with van der Waals surface area (Å²) >= 11 is 0. The molecule has 4 rings (SSSR count). The SMILES string of the molecule is CC(C)N(C(=O)c1cccc2cccc(O)c12)[C@H](C)c1c[nH]c2ccccc12. The number of aromatic nitrogens is 1. The molecule has 1 atom stereocenters. The van der Waals surface area contributed by atoms with Crippen molar-refractivity contribution in [1.82, 2.24) is 9.88 Å². The van der Waals surface area contributed by atoms with E-state index in [1.807, 2.05) is 61.3 Å². The summed E-state index contributed by atoms with van der Waals surface area (Å²) in [5, 5.41) is 13.0. The number of para-hydroxylation sites is 1. The van der Waals surface area contributed by atoms with E-state index in [1.165, 1.54) is 0 Å². The van der Waals surface area contributed by atoms with Gasteiger partial charge in [-0.15, -0.1) is 0 Å². The number of hydrogen-bond donors (Lipinski definition) is 2. The van der Waals surface area contributed by atoms with Crippen LogP contribution in [0.1, 0.15) is 42.7 Å². The van der Waals surface area contributed by atoms with Gasteiger partial charge in [0.1, 0.15) is 5.75 Å². The van der Waals surface area contributed by atoms with E-state index >= 15 is 0 Å². The second-order valence-corrected chi connectivity index (χ2v) is 7.45. The molecule has 4 heteroatoms. The Kier molecular flexibility index (Phi) is 4.55. The first-order chi connectivity index (χ1) is 13.5. The first kappa shape index (κ1) is 18.1. The number of aromatic amines is 1. The molecule has 0 saturated heterocycles. The van der Waals surface area contributed by atoms with Gasteiger partial charge in [-0.2, -0.15) is 0 Å². The van der Waals surface area contributed by atoms with E-state index in [4.69, 9.17) is 0 Å². The number of carbonyl (C=O) groups is 1. The third-order valence-corrected chi connectivity index (χ3v) is 5.39. The number of aromatic hydroxyl groups is 1. The van der Waals surface area contributed by atoms with Crippen molar-refractivity contribution in [3.63, 3.8) is 0 Å². The molecule has 1 aromatic heterocycles. The van der Waals surface area contributed by atoms with Crippen molar-refractivity contribution in [1.29, 1.82) is 0 Å². The van der Waals surface area contributed by atoms with Crippen molar-refractivity contribution in [2.75, 3.05) is 0 Å². The molecule has 0 fully saturated rings. The number of phenolic OH excluding ortho intramolecular Hbond substituents is 1. The predicted molar refractivity (Wildman–Crippen MR) is 114 cm³/mol. The largest absolute Gasteiger partial charge is 0.507 e. The molecule has 0 unspecified atom stereocenters. The highest BCUT2D eigenvalue weighted by atomic mass is 16.3. The van der Waals surface area contributed by atoms with Crippen LogP contribution in [0.3, 0.4) is 0 Å². The molecule has 2 N–H and O–H groups in total. The van der Waals surface area contributed by atoms with Gasteiger partial charge in [0.25, 0.3) is 5.91 Å². The van der Waals surface area contributed by atoms with Crippen LogP contribution in [0.2, 0.25) is 0 Å². The molecular formula is C24H24N2O2. The van der Waals surface area contributed by atoms with Crippen LogP contribution >= 0.6 is 0 Å². The van der Waals surface area contributed by atoms with E-state index in [2.05, 4.69) is 18.0 Å². The Hall–Kier alpha value is -3.27. The van der Waals surface area contributed by atoms with Crippen molar-refractivity contribution in [2.45, 2.75) is 32.9 Å². The normalized spacial score (nSPS) is 12.6. The molecular weight excluding hydrogens is 348 g/mol. The molecule has 142 valence electrons. The Morgan fingerprint density at radius 2 is 1.68 bits per heavy atom. The Balaban J connectivity index is 1.82. The fourth-order valence-electron chi connectivity index (χ4n) is 4.09. The Morgan fingerprint density at radius 3 is 2.43 bits per heavy atom. The molecule has 4 nitrogen and oxygen atoms in total. The van der Waals surface area contributed by atoms with Crippen molar-refractivity contribution in [3.8, 4) is 5.75 Å². The number of benzene rings is 3. The number of phenols is 1. The van der Waals surface area contributed by atoms with E-state index in [0.29, 0.717) is 10.9 Å². The average Bonchev–Trinajstić information content (AvgIpc) is 3.11. The van der Waals surface area contributed by atoms with Crippen LogP contribution in [0, 0.1) is 0 Å². The molecule has 1 heterocycles. The molecule has 4 aromatic rings. The standard InChI is InChI=1S/C24H24N2O2/c1-15(2)26(16(3)20-14-25-21-12-5-4-10-18(20)21)24(28)19-11-6-8-17-9-7-13-22(27)23(17)19/h4-16,25,27H,1-3H3/t16-/m1/s1. The molecule has 0 saturated carbocycles. The van der Waals surface area contributed by atoms with Crippen molar-refractivity contribution < 1.29 is 9.90 Å². The number of rotatable bonds is 4. The summed E-state index contributed by atoms with van der Waals surface area (Å²) in [5.41, 5.74) is 2.67. The summed E-state index contributed by atoms with van der Waals surface area (Å²) < 4.78 is 0. The molecule has 0 aliphatic heterocycles. The summed E-state index contributed by atoms with van der Waals surface area (Å²) in [7, 11) is 0. The minimum Gasteiger partial charge on any atom is -0.507 e. The number of nitrogens with zero attached hydrogens (tertiary/aromatic N) is 1. The van der Waals surface area contributed by atoms with Crippen LogP contribution in [0.25, 0.3) is 21.7 Å². The quantitative estimate of drug-likeness (QED) is 0.487. The molecule has 3 aromatic carbocycles. The Bertz CT molecular complexity index is 1150. The highest BCUT2D eigenvalue weighted by Gasteiger charge is 2.28. The van der Waals surface area contributed by atoms with Gasteiger partial charge in [-0.1, -0.05) is 42.5 Å². The van der Waals surface area contributed by atoms with Gasteiger partial charge >= 0.3 is 0 Å². The van der Waals surface area contributed by atoms with E-state index in [1.54, 1.807) is 18.2 Å². The smallest absolute Gasteiger partial charge is 0.255 e. The summed E-state index contributed by atoms with van der Waals surface area (Å²) in [4.78, 5) is 18.8. The highest BCUT2D eigenvalue weighted by Crippen LogP contribution is 2.34. The fourth-order valence-corrected chi connectivity index (χ4v) is 4.09. The highest BCUT2D eigenvalue weighted by molar-refractivity contribution is 6.09. The monoisotopic (exact) mass is 372 g/mol. The van der Waals surface area contributed by atoms with Crippen LogP contribution in [0.5, 0.6) is 5.75 Å². The lowest BCUT2D eigenvalue weighted by Gasteiger charge is -2.33. The first-order valence-electron chi connectivity index (χ1n) is 9.58. The van der Waals surface area contributed by atoms with Crippen LogP contribution in [-0.4, -0.2) is 26.9 Å². The van der Waals surface area contributed by atoms with Gasteiger partial charge < -0.3 is 15.0 Å². The predicted octanol–water partition coefficient (Wildman–Crippen LogP) is 5.64. The third kappa shape index (κ3) is 2.91. The van der Waals surface area contributed by atoms with Gasteiger partial charge in [-0.05, 0) is 49.9 Å². The van der Waals surface area contributed by atoms with Crippen molar-refractivity contribution >= 4 is 27.6 Å². The van der Waals surface area contributed by atoms with Crippen LogP contribution in [-0.2, 0) is 0 Å².